The fraction of sp³-hybridized carbons (Fsp3) is 0.923. The van der Waals surface area contributed by atoms with Crippen LogP contribution in [0.1, 0.15) is 58.8 Å². The zero-order valence-corrected chi connectivity index (χ0v) is 10.2. The number of carbonyl (C=O) groups excluding carboxylic acids is 1. The van der Waals surface area contributed by atoms with Gasteiger partial charge in [0.2, 0.25) is 5.91 Å². The molecule has 1 aliphatic heterocycles. The molecule has 15 heavy (non-hydrogen) atoms. The zero-order valence-electron chi connectivity index (χ0n) is 10.2. The number of amides is 1. The minimum Gasteiger partial charge on any atom is -0.356 e. The van der Waals surface area contributed by atoms with Crippen LogP contribution in [0.2, 0.25) is 0 Å². The molecule has 0 radical (unpaired) electrons. The summed E-state index contributed by atoms with van der Waals surface area (Å²) in [5.74, 6) is 1.31. The van der Waals surface area contributed by atoms with Crippen LogP contribution in [0.25, 0.3) is 0 Å². The first-order valence-corrected chi connectivity index (χ1v) is 6.48. The van der Waals surface area contributed by atoms with Gasteiger partial charge in [-0.3, -0.25) is 4.79 Å². The molecular formula is C13H25NO. The highest BCUT2D eigenvalue weighted by Crippen LogP contribution is 2.18. The summed E-state index contributed by atoms with van der Waals surface area (Å²) >= 11 is 0. The summed E-state index contributed by atoms with van der Waals surface area (Å²) in [4.78, 5) is 11.6. The van der Waals surface area contributed by atoms with E-state index in [9.17, 15) is 4.79 Å². The summed E-state index contributed by atoms with van der Waals surface area (Å²) in [7, 11) is 0. The van der Waals surface area contributed by atoms with Gasteiger partial charge in [-0.2, -0.15) is 0 Å². The maximum atomic E-state index is 11.6. The lowest BCUT2D eigenvalue weighted by Gasteiger charge is -2.16. The van der Waals surface area contributed by atoms with Crippen molar-refractivity contribution in [2.24, 2.45) is 11.8 Å². The predicted octanol–water partition coefficient (Wildman–Crippen LogP) is 3.12. The third kappa shape index (κ3) is 5.19. The first-order chi connectivity index (χ1) is 7.20. The van der Waals surface area contributed by atoms with Crippen molar-refractivity contribution in [3.05, 3.63) is 0 Å². The normalized spacial score (nSPS) is 31.2. The molecule has 1 saturated heterocycles. The Labute approximate surface area is 93.8 Å². The Kier molecular flexibility index (Phi) is 5.74. The van der Waals surface area contributed by atoms with Gasteiger partial charge in [0.1, 0.15) is 0 Å². The second-order valence-electron chi connectivity index (χ2n) is 5.08. The Morgan fingerprint density at radius 3 is 2.53 bits per heavy atom. The van der Waals surface area contributed by atoms with Crippen molar-refractivity contribution in [3.8, 4) is 0 Å². The van der Waals surface area contributed by atoms with Gasteiger partial charge < -0.3 is 5.32 Å². The second-order valence-corrected chi connectivity index (χ2v) is 5.08. The SMILES string of the molecule is CC1CCCCCNC(=O)C(C)CCC1. The van der Waals surface area contributed by atoms with E-state index in [1.165, 1.54) is 32.1 Å². The van der Waals surface area contributed by atoms with Crippen molar-refractivity contribution < 1.29 is 4.79 Å². The molecule has 1 N–H and O–H groups in total. The molecule has 2 unspecified atom stereocenters. The predicted molar refractivity (Wildman–Crippen MR) is 63.7 cm³/mol. The van der Waals surface area contributed by atoms with Crippen LogP contribution in [-0.2, 0) is 4.79 Å². The molecular weight excluding hydrogens is 186 g/mol. The molecule has 0 aromatic carbocycles. The molecule has 0 aromatic rings. The van der Waals surface area contributed by atoms with Gasteiger partial charge in [0.15, 0.2) is 0 Å². The van der Waals surface area contributed by atoms with Crippen molar-refractivity contribution in [3.63, 3.8) is 0 Å². The van der Waals surface area contributed by atoms with Crippen LogP contribution in [0.15, 0.2) is 0 Å². The van der Waals surface area contributed by atoms with E-state index in [-0.39, 0.29) is 11.8 Å². The Hall–Kier alpha value is -0.530. The van der Waals surface area contributed by atoms with E-state index in [1.807, 2.05) is 6.92 Å². The molecule has 1 fully saturated rings. The standard InChI is InChI=1S/C13H25NO/c1-11-7-4-3-5-10-14-13(15)12(2)9-6-8-11/h11-12H,3-10H2,1-2H3,(H,14,15). The molecule has 0 spiro atoms. The van der Waals surface area contributed by atoms with E-state index in [2.05, 4.69) is 12.2 Å². The lowest BCUT2D eigenvalue weighted by Crippen LogP contribution is -2.30. The number of hydrogen-bond donors (Lipinski definition) is 1. The molecule has 0 saturated carbocycles. The highest BCUT2D eigenvalue weighted by atomic mass is 16.1. The van der Waals surface area contributed by atoms with Crippen LogP contribution in [0, 0.1) is 11.8 Å². The zero-order chi connectivity index (χ0) is 11.1. The topological polar surface area (TPSA) is 29.1 Å². The lowest BCUT2D eigenvalue weighted by molar-refractivity contribution is -0.124. The maximum absolute atomic E-state index is 11.6. The van der Waals surface area contributed by atoms with Crippen molar-refractivity contribution >= 4 is 5.91 Å². The van der Waals surface area contributed by atoms with Crippen molar-refractivity contribution in [2.45, 2.75) is 58.8 Å². The van der Waals surface area contributed by atoms with Gasteiger partial charge in [-0.25, -0.2) is 0 Å². The fourth-order valence-corrected chi connectivity index (χ4v) is 2.23. The largest absolute Gasteiger partial charge is 0.356 e. The smallest absolute Gasteiger partial charge is 0.222 e. The average Bonchev–Trinajstić information content (AvgIpc) is 2.21. The van der Waals surface area contributed by atoms with E-state index < -0.39 is 0 Å². The third-order valence-electron chi connectivity index (χ3n) is 3.45. The van der Waals surface area contributed by atoms with E-state index in [0.29, 0.717) is 0 Å². The van der Waals surface area contributed by atoms with E-state index >= 15 is 0 Å². The number of hydrogen-bond acceptors (Lipinski definition) is 1. The van der Waals surface area contributed by atoms with Crippen LogP contribution in [0.4, 0.5) is 0 Å². The summed E-state index contributed by atoms with van der Waals surface area (Å²) in [5.41, 5.74) is 0. The highest BCUT2D eigenvalue weighted by molar-refractivity contribution is 5.78. The van der Waals surface area contributed by atoms with Gasteiger partial charge in [0.25, 0.3) is 0 Å². The lowest BCUT2D eigenvalue weighted by atomic mass is 9.94. The molecule has 1 amide bonds. The minimum absolute atomic E-state index is 0.205. The molecule has 1 rings (SSSR count). The van der Waals surface area contributed by atoms with Crippen molar-refractivity contribution in [1.82, 2.24) is 5.32 Å². The van der Waals surface area contributed by atoms with E-state index in [1.54, 1.807) is 0 Å². The molecule has 0 aromatic heterocycles. The maximum Gasteiger partial charge on any atom is 0.222 e. The van der Waals surface area contributed by atoms with Gasteiger partial charge in [-0.15, -0.1) is 0 Å². The summed E-state index contributed by atoms with van der Waals surface area (Å²) < 4.78 is 0. The average molecular weight is 211 g/mol. The number of rotatable bonds is 0. The van der Waals surface area contributed by atoms with Crippen LogP contribution < -0.4 is 5.32 Å². The van der Waals surface area contributed by atoms with E-state index in [4.69, 9.17) is 0 Å². The monoisotopic (exact) mass is 211 g/mol. The van der Waals surface area contributed by atoms with Crippen LogP contribution >= 0.6 is 0 Å². The van der Waals surface area contributed by atoms with Crippen LogP contribution in [0.5, 0.6) is 0 Å². The van der Waals surface area contributed by atoms with Crippen LogP contribution in [0.3, 0.4) is 0 Å². The number of nitrogens with one attached hydrogen (secondary N) is 1. The van der Waals surface area contributed by atoms with Gasteiger partial charge in [0.05, 0.1) is 0 Å². The van der Waals surface area contributed by atoms with Gasteiger partial charge in [-0.1, -0.05) is 46.0 Å². The summed E-state index contributed by atoms with van der Waals surface area (Å²) in [6.45, 7) is 5.26. The minimum atomic E-state index is 0.205. The van der Waals surface area contributed by atoms with E-state index in [0.717, 1.165) is 25.3 Å². The molecule has 2 nitrogen and oxygen atoms in total. The summed E-state index contributed by atoms with van der Waals surface area (Å²) in [5, 5.41) is 3.02. The Morgan fingerprint density at radius 1 is 1.00 bits per heavy atom. The first kappa shape index (κ1) is 12.5. The third-order valence-corrected chi connectivity index (χ3v) is 3.45. The summed E-state index contributed by atoms with van der Waals surface area (Å²) in [6.07, 6.45) is 8.64. The molecule has 1 aliphatic rings. The fourth-order valence-electron chi connectivity index (χ4n) is 2.23. The molecule has 2 atom stereocenters. The van der Waals surface area contributed by atoms with Crippen molar-refractivity contribution in [1.29, 1.82) is 0 Å². The molecule has 1 heterocycles. The molecule has 0 aliphatic carbocycles. The highest BCUT2D eigenvalue weighted by Gasteiger charge is 2.13. The summed E-state index contributed by atoms with van der Waals surface area (Å²) in [6, 6.07) is 0. The first-order valence-electron chi connectivity index (χ1n) is 6.48. The molecule has 0 bridgehead atoms. The Morgan fingerprint density at radius 2 is 1.73 bits per heavy atom. The van der Waals surface area contributed by atoms with Crippen LogP contribution in [-0.4, -0.2) is 12.5 Å². The second kappa shape index (κ2) is 6.86. The van der Waals surface area contributed by atoms with Gasteiger partial charge >= 0.3 is 0 Å². The van der Waals surface area contributed by atoms with Gasteiger partial charge in [0, 0.05) is 12.5 Å². The number of carbonyl (C=O) groups is 1. The van der Waals surface area contributed by atoms with Gasteiger partial charge in [-0.05, 0) is 18.8 Å². The Bertz CT molecular complexity index is 191. The molecule has 2 heteroatoms. The van der Waals surface area contributed by atoms with Crippen molar-refractivity contribution in [2.75, 3.05) is 6.54 Å². The molecule has 88 valence electrons. The quantitative estimate of drug-likeness (QED) is 0.655. The Balaban J connectivity index is 2.35.